The van der Waals surface area contributed by atoms with Crippen LogP contribution in [-0.2, 0) is 36.7 Å². The van der Waals surface area contributed by atoms with Gasteiger partial charge >= 0.3 is 5.97 Å². The fourth-order valence-corrected chi connectivity index (χ4v) is 3.46. The van der Waals surface area contributed by atoms with Gasteiger partial charge < -0.3 is 14.2 Å². The molecule has 0 aliphatic rings. The summed E-state index contributed by atoms with van der Waals surface area (Å²) in [7, 11) is 6.89. The molecule has 0 saturated heterocycles. The Morgan fingerprint density at radius 2 is 1.84 bits per heavy atom. The van der Waals surface area contributed by atoms with E-state index in [1.54, 1.807) is 36.7 Å². The Labute approximate surface area is 179 Å². The summed E-state index contributed by atoms with van der Waals surface area (Å²) in [6, 6.07) is 13.2. The molecule has 0 unspecified atom stereocenters. The maximum atomic E-state index is 12.4. The molecule has 31 heavy (non-hydrogen) atoms. The van der Waals surface area contributed by atoms with Gasteiger partial charge in [-0.15, -0.1) is 0 Å². The summed E-state index contributed by atoms with van der Waals surface area (Å²) in [5, 5.41) is 9.89. The van der Waals surface area contributed by atoms with Crippen LogP contribution in [0, 0.1) is 0 Å². The third-order valence-electron chi connectivity index (χ3n) is 5.07. The van der Waals surface area contributed by atoms with E-state index < -0.39 is 0 Å². The van der Waals surface area contributed by atoms with E-state index in [0.29, 0.717) is 17.2 Å². The number of aromatic nitrogens is 4. The zero-order valence-electron chi connectivity index (χ0n) is 18.0. The number of hydrogen-bond acceptors (Lipinski definition) is 6. The van der Waals surface area contributed by atoms with E-state index in [9.17, 15) is 4.79 Å². The molecular formula is C23H24N4O4. The van der Waals surface area contributed by atoms with E-state index in [-0.39, 0.29) is 19.0 Å². The second-order valence-electron chi connectivity index (χ2n) is 7.24. The fraction of sp³-hybridized carbons (Fsp3) is 0.261. The van der Waals surface area contributed by atoms with Crippen LogP contribution in [0.5, 0.6) is 11.5 Å². The van der Waals surface area contributed by atoms with Crippen LogP contribution in [0.1, 0.15) is 11.3 Å². The minimum absolute atomic E-state index is 0.122. The Kier molecular flexibility index (Phi) is 5.62. The normalized spacial score (nSPS) is 11.0. The number of fused-ring (bicyclic) bond motifs is 1. The van der Waals surface area contributed by atoms with E-state index in [1.807, 2.05) is 49.6 Å². The summed E-state index contributed by atoms with van der Waals surface area (Å²) in [5.74, 6) is 1.03. The van der Waals surface area contributed by atoms with Crippen molar-refractivity contribution in [2.75, 3.05) is 14.2 Å². The van der Waals surface area contributed by atoms with Gasteiger partial charge in [-0.05, 0) is 35.9 Å². The second kappa shape index (κ2) is 8.51. The van der Waals surface area contributed by atoms with Gasteiger partial charge in [0.2, 0.25) is 0 Å². The molecule has 4 aromatic rings. The van der Waals surface area contributed by atoms with Gasteiger partial charge in [-0.1, -0.05) is 6.07 Å². The Hall–Kier alpha value is -3.81. The number of nitrogens with zero attached hydrogens (tertiary/aromatic N) is 4. The number of aryl methyl sites for hydroxylation is 2. The first-order valence-corrected chi connectivity index (χ1v) is 9.80. The van der Waals surface area contributed by atoms with Crippen molar-refractivity contribution < 1.29 is 19.0 Å². The van der Waals surface area contributed by atoms with Crippen molar-refractivity contribution in [2.24, 2.45) is 14.1 Å². The number of carbonyl (C=O) groups excluding carboxylic acids is 1. The standard InChI is InChI=1S/C23H24N4O4/c1-26-13-16-9-15(5-8-20(16)24-26)14-31-23(28)11-17-10-21(25-27(17)2)19-7-6-18(29-3)12-22(19)30-4/h5-10,12-13H,11,14H2,1-4H3. The Morgan fingerprint density at radius 3 is 2.61 bits per heavy atom. The molecule has 0 aliphatic carbocycles. The van der Waals surface area contributed by atoms with E-state index >= 15 is 0 Å². The highest BCUT2D eigenvalue weighted by Gasteiger charge is 2.16. The lowest BCUT2D eigenvalue weighted by atomic mass is 10.1. The first-order chi connectivity index (χ1) is 15.0. The number of benzene rings is 2. The van der Waals surface area contributed by atoms with Crippen LogP contribution >= 0.6 is 0 Å². The van der Waals surface area contributed by atoms with E-state index in [4.69, 9.17) is 14.2 Å². The summed E-state index contributed by atoms with van der Waals surface area (Å²) in [4.78, 5) is 12.4. The van der Waals surface area contributed by atoms with Gasteiger partial charge in [0.1, 0.15) is 18.1 Å². The summed E-state index contributed by atoms with van der Waals surface area (Å²) in [6.07, 6.45) is 2.06. The number of ether oxygens (including phenoxy) is 3. The highest BCUT2D eigenvalue weighted by Crippen LogP contribution is 2.32. The van der Waals surface area contributed by atoms with Crippen LogP contribution in [-0.4, -0.2) is 39.7 Å². The number of rotatable bonds is 7. The molecule has 0 amide bonds. The fourth-order valence-electron chi connectivity index (χ4n) is 3.46. The molecule has 2 aromatic carbocycles. The Balaban J connectivity index is 1.44. The van der Waals surface area contributed by atoms with Crippen molar-refractivity contribution in [3.63, 3.8) is 0 Å². The molecule has 0 saturated carbocycles. The molecule has 2 heterocycles. The van der Waals surface area contributed by atoms with Crippen LogP contribution in [0.15, 0.2) is 48.7 Å². The summed E-state index contributed by atoms with van der Waals surface area (Å²) >= 11 is 0. The van der Waals surface area contributed by atoms with Gasteiger partial charge in [-0.25, -0.2) is 0 Å². The molecule has 0 atom stereocenters. The van der Waals surface area contributed by atoms with Gasteiger partial charge in [-0.3, -0.25) is 14.2 Å². The molecule has 0 radical (unpaired) electrons. The summed E-state index contributed by atoms with van der Waals surface area (Å²) in [5.41, 5.74) is 4.12. The lowest BCUT2D eigenvalue weighted by molar-refractivity contribution is -0.144. The number of esters is 1. The Morgan fingerprint density at radius 1 is 1.00 bits per heavy atom. The van der Waals surface area contributed by atoms with E-state index in [1.165, 1.54) is 0 Å². The van der Waals surface area contributed by atoms with Crippen LogP contribution < -0.4 is 9.47 Å². The molecule has 0 spiro atoms. The molecule has 8 heteroatoms. The predicted octanol–water partition coefficient (Wildman–Crippen LogP) is 3.28. The lowest BCUT2D eigenvalue weighted by Gasteiger charge is -2.08. The topological polar surface area (TPSA) is 80.4 Å². The van der Waals surface area contributed by atoms with Crippen LogP contribution in [0.4, 0.5) is 0 Å². The Bertz CT molecular complexity index is 1240. The highest BCUT2D eigenvalue weighted by atomic mass is 16.5. The summed E-state index contributed by atoms with van der Waals surface area (Å²) < 4.78 is 19.6. The lowest BCUT2D eigenvalue weighted by Crippen LogP contribution is -2.11. The smallest absolute Gasteiger partial charge is 0.312 e. The van der Waals surface area contributed by atoms with Gasteiger partial charge in [0.15, 0.2) is 0 Å². The van der Waals surface area contributed by atoms with Crippen LogP contribution in [0.25, 0.3) is 22.2 Å². The third kappa shape index (κ3) is 4.37. The van der Waals surface area contributed by atoms with Crippen LogP contribution in [0.3, 0.4) is 0 Å². The zero-order chi connectivity index (χ0) is 22.0. The summed E-state index contributed by atoms with van der Waals surface area (Å²) in [6.45, 7) is 0.209. The predicted molar refractivity (Wildman–Crippen MR) is 116 cm³/mol. The molecule has 0 bridgehead atoms. The van der Waals surface area contributed by atoms with Gasteiger partial charge in [-0.2, -0.15) is 10.2 Å². The molecule has 0 fully saturated rings. The molecule has 4 rings (SSSR count). The second-order valence-corrected chi connectivity index (χ2v) is 7.24. The van der Waals surface area contributed by atoms with E-state index in [2.05, 4.69) is 10.2 Å². The molecule has 160 valence electrons. The third-order valence-corrected chi connectivity index (χ3v) is 5.07. The largest absolute Gasteiger partial charge is 0.497 e. The average molecular weight is 420 g/mol. The molecule has 0 aliphatic heterocycles. The first kappa shape index (κ1) is 20.5. The molecular weight excluding hydrogens is 396 g/mol. The van der Waals surface area contributed by atoms with Gasteiger partial charge in [0.25, 0.3) is 0 Å². The van der Waals surface area contributed by atoms with Crippen molar-refractivity contribution in [2.45, 2.75) is 13.0 Å². The van der Waals surface area contributed by atoms with Crippen molar-refractivity contribution in [1.29, 1.82) is 0 Å². The van der Waals surface area contributed by atoms with Gasteiger partial charge in [0.05, 0.1) is 31.9 Å². The minimum Gasteiger partial charge on any atom is -0.497 e. The quantitative estimate of drug-likeness (QED) is 0.427. The van der Waals surface area contributed by atoms with Crippen molar-refractivity contribution in [1.82, 2.24) is 19.6 Å². The minimum atomic E-state index is -0.317. The van der Waals surface area contributed by atoms with Crippen molar-refractivity contribution >= 4 is 16.9 Å². The van der Waals surface area contributed by atoms with Crippen molar-refractivity contribution in [3.8, 4) is 22.8 Å². The molecule has 0 N–H and O–H groups in total. The SMILES string of the molecule is COc1ccc(-c2cc(CC(=O)OCc3ccc4nn(C)cc4c3)n(C)n2)c(OC)c1. The van der Waals surface area contributed by atoms with Crippen LogP contribution in [0.2, 0.25) is 0 Å². The number of hydrogen-bond donors (Lipinski definition) is 0. The van der Waals surface area contributed by atoms with Gasteiger partial charge in [0, 0.05) is 43.0 Å². The monoisotopic (exact) mass is 420 g/mol. The first-order valence-electron chi connectivity index (χ1n) is 9.80. The number of methoxy groups -OCH3 is 2. The highest BCUT2D eigenvalue weighted by molar-refractivity contribution is 5.79. The van der Waals surface area contributed by atoms with E-state index in [0.717, 1.165) is 27.7 Å². The van der Waals surface area contributed by atoms with Crippen molar-refractivity contribution in [3.05, 3.63) is 59.9 Å². The zero-order valence-corrected chi connectivity index (χ0v) is 18.0. The average Bonchev–Trinajstić information content (AvgIpc) is 3.32. The number of carbonyl (C=O) groups is 1. The maximum absolute atomic E-state index is 12.4. The maximum Gasteiger partial charge on any atom is 0.312 e. The molecule has 8 nitrogen and oxygen atoms in total. The molecule has 2 aromatic heterocycles.